The Morgan fingerprint density at radius 1 is 1.06 bits per heavy atom. The van der Waals surface area contributed by atoms with E-state index in [0.29, 0.717) is 0 Å². The van der Waals surface area contributed by atoms with E-state index < -0.39 is 8.07 Å². The first kappa shape index (κ1) is 11.5. The minimum atomic E-state index is -1.78. The van der Waals surface area contributed by atoms with Crippen LogP contribution in [-0.2, 0) is 0 Å². The van der Waals surface area contributed by atoms with E-state index in [9.17, 15) is 4.39 Å². The maximum Gasteiger partial charge on any atom is 0.126 e. The summed E-state index contributed by atoms with van der Waals surface area (Å²) in [5.41, 5.74) is 2.30. The number of methoxy groups -OCH3 is 1. The number of fused-ring (bicyclic) bond motifs is 3. The Morgan fingerprint density at radius 2 is 1.83 bits per heavy atom. The maximum absolute atomic E-state index is 13.5. The minimum Gasteiger partial charge on any atom is -0.496 e. The molecule has 0 amide bonds. The first-order valence-electron chi connectivity index (χ1n) is 6.03. The molecule has 1 aliphatic rings. The predicted molar refractivity (Wildman–Crippen MR) is 75.1 cm³/mol. The van der Waals surface area contributed by atoms with Gasteiger partial charge in [0, 0.05) is 5.56 Å². The van der Waals surface area contributed by atoms with Crippen LogP contribution in [0.15, 0.2) is 36.4 Å². The van der Waals surface area contributed by atoms with E-state index >= 15 is 0 Å². The van der Waals surface area contributed by atoms with E-state index in [-0.39, 0.29) is 5.82 Å². The molecular weight excluding hydrogens is 243 g/mol. The fourth-order valence-electron chi connectivity index (χ4n) is 2.90. The molecule has 2 aromatic rings. The number of rotatable bonds is 1. The Kier molecular flexibility index (Phi) is 2.35. The third-order valence-corrected chi connectivity index (χ3v) is 7.37. The van der Waals surface area contributed by atoms with Crippen LogP contribution in [0.5, 0.6) is 5.75 Å². The molecule has 0 radical (unpaired) electrons. The highest BCUT2D eigenvalue weighted by Crippen LogP contribution is 2.35. The number of hydrogen-bond donors (Lipinski definition) is 0. The number of benzene rings is 2. The summed E-state index contributed by atoms with van der Waals surface area (Å²) in [5.74, 6) is 0.736. The summed E-state index contributed by atoms with van der Waals surface area (Å²) < 4.78 is 19.0. The van der Waals surface area contributed by atoms with E-state index in [2.05, 4.69) is 19.2 Å². The molecule has 0 bridgehead atoms. The van der Waals surface area contributed by atoms with Crippen LogP contribution < -0.4 is 15.1 Å². The predicted octanol–water partition coefficient (Wildman–Crippen LogP) is 2.64. The van der Waals surface area contributed by atoms with E-state index in [0.717, 1.165) is 16.9 Å². The number of hydrogen-bond acceptors (Lipinski definition) is 1. The largest absolute Gasteiger partial charge is 0.496 e. The van der Waals surface area contributed by atoms with Gasteiger partial charge in [-0.1, -0.05) is 31.3 Å². The monoisotopic (exact) mass is 258 g/mol. The number of ether oxygens (including phenoxy) is 1. The maximum atomic E-state index is 13.5. The van der Waals surface area contributed by atoms with Gasteiger partial charge < -0.3 is 4.74 Å². The summed E-state index contributed by atoms with van der Waals surface area (Å²) in [7, 11) is -0.0943. The lowest BCUT2D eigenvalue weighted by molar-refractivity contribution is 0.417. The van der Waals surface area contributed by atoms with Crippen molar-refractivity contribution in [2.75, 3.05) is 7.11 Å². The van der Waals surface area contributed by atoms with Crippen LogP contribution in [0, 0.1) is 5.82 Å². The van der Waals surface area contributed by atoms with E-state index in [1.165, 1.54) is 16.4 Å². The van der Waals surface area contributed by atoms with Crippen molar-refractivity contribution in [3.8, 4) is 16.9 Å². The molecule has 0 N–H and O–H groups in total. The van der Waals surface area contributed by atoms with Crippen molar-refractivity contribution < 1.29 is 9.13 Å². The molecule has 18 heavy (non-hydrogen) atoms. The normalized spacial score (nSPS) is 15.1. The summed E-state index contributed by atoms with van der Waals surface area (Å²) >= 11 is 0. The Balaban J connectivity index is 2.40. The van der Waals surface area contributed by atoms with Crippen molar-refractivity contribution in [1.82, 2.24) is 0 Å². The van der Waals surface area contributed by atoms with Crippen LogP contribution in [0.2, 0.25) is 13.1 Å². The average Bonchev–Trinajstić information content (AvgIpc) is 2.59. The van der Waals surface area contributed by atoms with E-state index in [1.54, 1.807) is 13.2 Å². The summed E-state index contributed by atoms with van der Waals surface area (Å²) in [6.07, 6.45) is 0. The lowest BCUT2D eigenvalue weighted by Crippen LogP contribution is -2.49. The van der Waals surface area contributed by atoms with Crippen molar-refractivity contribution in [2.45, 2.75) is 13.1 Å². The second-order valence-electron chi connectivity index (χ2n) is 5.20. The molecule has 3 rings (SSSR count). The molecule has 2 aromatic carbocycles. The molecule has 92 valence electrons. The van der Waals surface area contributed by atoms with Crippen molar-refractivity contribution in [3.05, 3.63) is 42.2 Å². The van der Waals surface area contributed by atoms with Gasteiger partial charge in [0.25, 0.3) is 0 Å². The second-order valence-corrected chi connectivity index (χ2v) is 9.53. The van der Waals surface area contributed by atoms with Gasteiger partial charge in [0.2, 0.25) is 0 Å². The molecule has 0 spiro atoms. The van der Waals surface area contributed by atoms with E-state index in [4.69, 9.17) is 4.74 Å². The lowest BCUT2D eigenvalue weighted by Gasteiger charge is -2.18. The molecule has 0 aliphatic carbocycles. The fourth-order valence-corrected chi connectivity index (χ4v) is 5.96. The van der Waals surface area contributed by atoms with Gasteiger partial charge in [-0.25, -0.2) is 4.39 Å². The molecule has 0 saturated carbocycles. The molecule has 1 heterocycles. The second kappa shape index (κ2) is 3.69. The minimum absolute atomic E-state index is 0.152. The molecule has 0 saturated heterocycles. The zero-order valence-electron chi connectivity index (χ0n) is 10.8. The van der Waals surface area contributed by atoms with Gasteiger partial charge in [-0.2, -0.15) is 0 Å². The van der Waals surface area contributed by atoms with Crippen molar-refractivity contribution >= 4 is 18.4 Å². The SMILES string of the molecule is COc1cccc2c1-c1ccc(F)cc1[Si]2(C)C. The van der Waals surface area contributed by atoms with Gasteiger partial charge in [-0.15, -0.1) is 0 Å². The van der Waals surface area contributed by atoms with Crippen LogP contribution in [0.1, 0.15) is 0 Å². The summed E-state index contributed by atoms with van der Waals surface area (Å²) in [5, 5.41) is 2.50. The average molecular weight is 258 g/mol. The molecule has 0 aromatic heterocycles. The summed E-state index contributed by atoms with van der Waals surface area (Å²) in [6, 6.07) is 11.3. The summed E-state index contributed by atoms with van der Waals surface area (Å²) in [6.45, 7) is 4.52. The molecular formula is C15H15FOSi. The standard InChI is InChI=1S/C15H15FOSi/c1-17-12-5-4-6-13-15(12)11-8-7-10(16)9-14(11)18(13,2)3/h4-9H,1-3H3. The fraction of sp³-hybridized carbons (Fsp3) is 0.200. The molecule has 1 nitrogen and oxygen atoms in total. The Hall–Kier alpha value is -1.61. The van der Waals surface area contributed by atoms with Crippen LogP contribution in [0.3, 0.4) is 0 Å². The third kappa shape index (κ3) is 1.37. The van der Waals surface area contributed by atoms with Gasteiger partial charge in [0.1, 0.15) is 19.6 Å². The highest BCUT2D eigenvalue weighted by molar-refractivity contribution is 7.03. The van der Waals surface area contributed by atoms with Gasteiger partial charge in [-0.05, 0) is 34.1 Å². The van der Waals surface area contributed by atoms with Crippen molar-refractivity contribution in [3.63, 3.8) is 0 Å². The van der Waals surface area contributed by atoms with Gasteiger partial charge in [0.05, 0.1) is 7.11 Å². The van der Waals surface area contributed by atoms with Crippen LogP contribution in [0.25, 0.3) is 11.1 Å². The zero-order chi connectivity index (χ0) is 12.9. The van der Waals surface area contributed by atoms with Crippen molar-refractivity contribution in [1.29, 1.82) is 0 Å². The number of halogens is 1. The van der Waals surface area contributed by atoms with Crippen LogP contribution in [0.4, 0.5) is 4.39 Å². The quantitative estimate of drug-likeness (QED) is 0.715. The van der Waals surface area contributed by atoms with Crippen LogP contribution in [-0.4, -0.2) is 15.2 Å². The van der Waals surface area contributed by atoms with E-state index in [1.807, 2.05) is 18.2 Å². The molecule has 3 heteroatoms. The highest BCUT2D eigenvalue weighted by Gasteiger charge is 2.39. The Labute approximate surface area is 107 Å². The lowest BCUT2D eigenvalue weighted by atomic mass is 10.0. The Bertz CT molecular complexity index is 630. The van der Waals surface area contributed by atoms with Gasteiger partial charge >= 0.3 is 0 Å². The first-order valence-corrected chi connectivity index (χ1v) is 9.03. The third-order valence-electron chi connectivity index (χ3n) is 3.84. The molecule has 0 atom stereocenters. The summed E-state index contributed by atoms with van der Waals surface area (Å²) in [4.78, 5) is 0. The van der Waals surface area contributed by atoms with Gasteiger partial charge in [0.15, 0.2) is 0 Å². The van der Waals surface area contributed by atoms with Crippen LogP contribution >= 0.6 is 0 Å². The first-order chi connectivity index (χ1) is 8.55. The highest BCUT2D eigenvalue weighted by atomic mass is 28.3. The molecule has 1 aliphatic heterocycles. The topological polar surface area (TPSA) is 9.23 Å². The Morgan fingerprint density at radius 3 is 2.56 bits per heavy atom. The molecule has 0 fully saturated rings. The zero-order valence-corrected chi connectivity index (χ0v) is 11.8. The molecule has 0 unspecified atom stereocenters. The van der Waals surface area contributed by atoms with Crippen molar-refractivity contribution in [2.24, 2.45) is 0 Å². The van der Waals surface area contributed by atoms with Gasteiger partial charge in [-0.3, -0.25) is 0 Å². The smallest absolute Gasteiger partial charge is 0.126 e.